The summed E-state index contributed by atoms with van der Waals surface area (Å²) in [6.45, 7) is 7.64. The Kier molecular flexibility index (Phi) is 8.13. The van der Waals surface area contributed by atoms with Gasteiger partial charge in [0.05, 0.1) is 22.6 Å². The first-order valence-corrected chi connectivity index (χ1v) is 12.8. The predicted octanol–water partition coefficient (Wildman–Crippen LogP) is 4.74. The molecule has 1 aliphatic carbocycles. The lowest BCUT2D eigenvalue weighted by atomic mass is 9.63. The van der Waals surface area contributed by atoms with Crippen LogP contribution < -0.4 is 0 Å². The lowest BCUT2D eigenvalue weighted by molar-refractivity contribution is -0.201. The normalized spacial score (nSPS) is 29.6. The van der Waals surface area contributed by atoms with E-state index >= 15 is 0 Å². The van der Waals surface area contributed by atoms with Gasteiger partial charge in [-0.15, -0.1) is 0 Å². The summed E-state index contributed by atoms with van der Waals surface area (Å²) in [5.41, 5.74) is 0.342. The van der Waals surface area contributed by atoms with E-state index in [1.807, 2.05) is 13.8 Å². The molecular weight excluding hydrogens is 472 g/mol. The topological polar surface area (TPSA) is 99.1 Å². The molecule has 1 saturated carbocycles. The molecule has 2 fully saturated rings. The van der Waals surface area contributed by atoms with Gasteiger partial charge < -0.3 is 19.3 Å². The molecule has 1 saturated heterocycles. The molecule has 1 N–H and O–H groups in total. The highest BCUT2D eigenvalue weighted by atomic mass is 16.6. The summed E-state index contributed by atoms with van der Waals surface area (Å²) in [7, 11) is 0. The molecule has 7 heteroatoms. The van der Waals surface area contributed by atoms with Crippen LogP contribution in [0, 0.1) is 17.8 Å². The molecule has 2 aliphatic rings. The highest BCUT2D eigenvalue weighted by Crippen LogP contribution is 2.47. The predicted molar refractivity (Wildman–Crippen MR) is 137 cm³/mol. The van der Waals surface area contributed by atoms with Gasteiger partial charge in [0.1, 0.15) is 12.7 Å². The van der Waals surface area contributed by atoms with Gasteiger partial charge in [-0.25, -0.2) is 9.59 Å². The average Bonchev–Trinajstić information content (AvgIpc) is 2.90. The molecule has 0 unspecified atom stereocenters. The fourth-order valence-corrected chi connectivity index (χ4v) is 5.36. The van der Waals surface area contributed by atoms with Crippen LogP contribution in [-0.2, 0) is 19.0 Å². The number of ether oxygens (including phenoxy) is 3. The summed E-state index contributed by atoms with van der Waals surface area (Å²) in [4.78, 5) is 38.7. The SMILES string of the molecule is C=C(C)[C@@H]1CC[C@@H](C)[C@](O)([C@H]2C[C@H](OC(=O)c3ccccc3)[C@@H](COC(=O)c3ccccc3)OC2=O)C1. The third-order valence-corrected chi connectivity index (χ3v) is 7.77. The Bertz CT molecular complexity index is 1130. The highest BCUT2D eigenvalue weighted by Gasteiger charge is 2.54. The van der Waals surface area contributed by atoms with Crippen molar-refractivity contribution >= 4 is 17.9 Å². The summed E-state index contributed by atoms with van der Waals surface area (Å²) in [5, 5.41) is 11.8. The summed E-state index contributed by atoms with van der Waals surface area (Å²) >= 11 is 0. The van der Waals surface area contributed by atoms with E-state index in [9.17, 15) is 19.5 Å². The Morgan fingerprint density at radius 3 is 2.22 bits per heavy atom. The number of hydrogen-bond acceptors (Lipinski definition) is 7. The number of cyclic esters (lactones) is 1. The van der Waals surface area contributed by atoms with E-state index in [0.29, 0.717) is 17.5 Å². The van der Waals surface area contributed by atoms with Crippen LogP contribution >= 0.6 is 0 Å². The van der Waals surface area contributed by atoms with Crippen LogP contribution in [0.5, 0.6) is 0 Å². The standard InChI is InChI=1S/C30H34O7/c1-19(2)23-15-14-20(3)30(34,17-23)24-16-25(36-28(32)22-12-8-5-9-13-22)26(37-29(24)33)18-35-27(31)21-10-6-4-7-11-21/h4-13,20,23-26,34H,1,14-18H2,2-3H3/t20-,23-,24+,25+,26-,30+/m1/s1. The average molecular weight is 507 g/mol. The van der Waals surface area contributed by atoms with Crippen molar-refractivity contribution in [2.75, 3.05) is 6.61 Å². The van der Waals surface area contributed by atoms with Crippen molar-refractivity contribution in [2.24, 2.45) is 17.8 Å². The van der Waals surface area contributed by atoms with Gasteiger partial charge in [-0.05, 0) is 62.3 Å². The van der Waals surface area contributed by atoms with Crippen molar-refractivity contribution in [1.29, 1.82) is 0 Å². The molecule has 1 aliphatic heterocycles. The first kappa shape index (κ1) is 26.6. The van der Waals surface area contributed by atoms with Gasteiger partial charge >= 0.3 is 17.9 Å². The second kappa shape index (κ2) is 11.3. The molecule has 2 aromatic rings. The van der Waals surface area contributed by atoms with E-state index < -0.39 is 41.6 Å². The third kappa shape index (κ3) is 5.93. The van der Waals surface area contributed by atoms with E-state index in [-0.39, 0.29) is 24.9 Å². The Hall–Kier alpha value is -3.45. The molecule has 7 nitrogen and oxygen atoms in total. The van der Waals surface area contributed by atoms with E-state index in [1.54, 1.807) is 60.7 Å². The van der Waals surface area contributed by atoms with Crippen molar-refractivity contribution < 1.29 is 33.7 Å². The number of benzene rings is 2. The Balaban J connectivity index is 1.55. The number of esters is 3. The molecule has 37 heavy (non-hydrogen) atoms. The number of aliphatic hydroxyl groups is 1. The number of carbonyl (C=O) groups is 3. The van der Waals surface area contributed by atoms with E-state index in [1.165, 1.54) is 0 Å². The fourth-order valence-electron chi connectivity index (χ4n) is 5.36. The maximum atomic E-state index is 13.3. The van der Waals surface area contributed by atoms with Crippen molar-refractivity contribution in [3.8, 4) is 0 Å². The zero-order valence-corrected chi connectivity index (χ0v) is 21.3. The van der Waals surface area contributed by atoms with Crippen LogP contribution in [0.1, 0.15) is 60.2 Å². The number of rotatable bonds is 7. The highest BCUT2D eigenvalue weighted by molar-refractivity contribution is 5.90. The molecule has 0 spiro atoms. The minimum Gasteiger partial charge on any atom is -0.458 e. The maximum Gasteiger partial charge on any atom is 0.338 e. The lowest BCUT2D eigenvalue weighted by Gasteiger charge is -2.48. The van der Waals surface area contributed by atoms with Gasteiger partial charge in [-0.3, -0.25) is 4.79 Å². The molecular formula is C30H34O7. The first-order valence-electron chi connectivity index (χ1n) is 12.8. The maximum absolute atomic E-state index is 13.3. The van der Waals surface area contributed by atoms with E-state index in [2.05, 4.69) is 6.58 Å². The number of allylic oxidation sites excluding steroid dienone is 1. The van der Waals surface area contributed by atoms with Crippen LogP contribution in [0.3, 0.4) is 0 Å². The molecule has 1 heterocycles. The third-order valence-electron chi connectivity index (χ3n) is 7.77. The largest absolute Gasteiger partial charge is 0.458 e. The second-order valence-electron chi connectivity index (χ2n) is 10.3. The van der Waals surface area contributed by atoms with Crippen molar-refractivity contribution in [1.82, 2.24) is 0 Å². The molecule has 0 aromatic heterocycles. The van der Waals surface area contributed by atoms with Gasteiger partial charge in [0.15, 0.2) is 6.10 Å². The number of hydrogen-bond donors (Lipinski definition) is 1. The Labute approximate surface area is 217 Å². The molecule has 2 aromatic carbocycles. The zero-order chi connectivity index (χ0) is 26.6. The molecule has 0 radical (unpaired) electrons. The van der Waals surface area contributed by atoms with Gasteiger partial charge in [0.25, 0.3) is 0 Å². The van der Waals surface area contributed by atoms with Crippen LogP contribution in [0.4, 0.5) is 0 Å². The smallest absolute Gasteiger partial charge is 0.338 e. The first-order chi connectivity index (χ1) is 17.7. The quantitative estimate of drug-likeness (QED) is 0.329. The van der Waals surface area contributed by atoms with E-state index in [4.69, 9.17) is 14.2 Å². The fraction of sp³-hybridized carbons (Fsp3) is 0.433. The molecule has 4 rings (SSSR count). The second-order valence-corrected chi connectivity index (χ2v) is 10.3. The summed E-state index contributed by atoms with van der Waals surface area (Å²) < 4.78 is 17.0. The lowest BCUT2D eigenvalue weighted by Crippen LogP contribution is -2.58. The van der Waals surface area contributed by atoms with E-state index in [0.717, 1.165) is 18.4 Å². The van der Waals surface area contributed by atoms with Crippen molar-refractivity contribution in [3.63, 3.8) is 0 Å². The molecule has 0 bridgehead atoms. The minimum absolute atomic E-state index is 0.0642. The van der Waals surface area contributed by atoms with Crippen molar-refractivity contribution in [3.05, 3.63) is 83.9 Å². The molecule has 196 valence electrons. The van der Waals surface area contributed by atoms with Gasteiger partial charge in [0.2, 0.25) is 0 Å². The van der Waals surface area contributed by atoms with Gasteiger partial charge in [0, 0.05) is 6.42 Å². The van der Waals surface area contributed by atoms with Crippen LogP contribution in [0.25, 0.3) is 0 Å². The molecule has 0 amide bonds. The summed E-state index contributed by atoms with van der Waals surface area (Å²) in [6, 6.07) is 17.0. The minimum atomic E-state index is -1.33. The monoisotopic (exact) mass is 506 g/mol. The summed E-state index contributed by atoms with van der Waals surface area (Å²) in [5.74, 6) is -2.69. The van der Waals surface area contributed by atoms with Crippen LogP contribution in [0.2, 0.25) is 0 Å². The van der Waals surface area contributed by atoms with Gasteiger partial charge in [-0.1, -0.05) is 55.5 Å². The molecule has 6 atom stereocenters. The Morgan fingerprint density at radius 2 is 1.62 bits per heavy atom. The number of carbonyl (C=O) groups excluding carboxylic acids is 3. The van der Waals surface area contributed by atoms with Gasteiger partial charge in [-0.2, -0.15) is 0 Å². The summed E-state index contributed by atoms with van der Waals surface area (Å²) in [6.07, 6.45) is 0.185. The van der Waals surface area contributed by atoms with Crippen LogP contribution in [-0.4, -0.2) is 47.4 Å². The zero-order valence-electron chi connectivity index (χ0n) is 21.3. The Morgan fingerprint density at radius 1 is 1.03 bits per heavy atom. The van der Waals surface area contributed by atoms with Crippen molar-refractivity contribution in [2.45, 2.75) is 57.3 Å². The van der Waals surface area contributed by atoms with Crippen LogP contribution in [0.15, 0.2) is 72.8 Å².